The second kappa shape index (κ2) is 8.68. The van der Waals surface area contributed by atoms with E-state index >= 15 is 0 Å². The fourth-order valence-electron chi connectivity index (χ4n) is 2.52. The van der Waals surface area contributed by atoms with Gasteiger partial charge in [0, 0.05) is 11.3 Å². The van der Waals surface area contributed by atoms with E-state index in [0.29, 0.717) is 5.56 Å². The van der Waals surface area contributed by atoms with Crippen molar-refractivity contribution in [1.29, 1.82) is 0 Å². The lowest BCUT2D eigenvalue weighted by atomic mass is 10.1. The second-order valence-corrected chi connectivity index (χ2v) is 5.97. The summed E-state index contributed by atoms with van der Waals surface area (Å²) in [5, 5.41) is 2.35. The topological polar surface area (TPSA) is 73.9 Å². The summed E-state index contributed by atoms with van der Waals surface area (Å²) in [5.41, 5.74) is -0.664. The maximum atomic E-state index is 12.9. The molecule has 0 aliphatic carbocycles. The predicted octanol–water partition coefficient (Wildman–Crippen LogP) is 3.82. The number of benzene rings is 2. The molecule has 0 unspecified atom stereocenters. The van der Waals surface area contributed by atoms with Crippen molar-refractivity contribution in [2.45, 2.75) is 12.3 Å². The summed E-state index contributed by atoms with van der Waals surface area (Å²) in [4.78, 5) is 25.0. The fourth-order valence-corrected chi connectivity index (χ4v) is 2.52. The molecule has 29 heavy (non-hydrogen) atoms. The standard InChI is InChI=1S/C20H16F3NO5/c21-20(22,23)14-7-4-8-15(11-14)24-18(25)17(13-5-2-1-3-6-13)29-19(26)16-12-27-9-10-28-16/h1-8,11-12,17H,9-10H2,(H,24,25)/t17-/m1/s1. The third-order valence-electron chi connectivity index (χ3n) is 3.87. The lowest BCUT2D eigenvalue weighted by Crippen LogP contribution is -2.27. The predicted molar refractivity (Wildman–Crippen MR) is 95.3 cm³/mol. The minimum Gasteiger partial charge on any atom is -0.493 e. The molecular weight excluding hydrogens is 391 g/mol. The van der Waals surface area contributed by atoms with Gasteiger partial charge in [0.1, 0.15) is 19.5 Å². The van der Waals surface area contributed by atoms with Crippen LogP contribution in [0, 0.1) is 0 Å². The minimum atomic E-state index is -4.56. The zero-order chi connectivity index (χ0) is 20.9. The molecule has 0 aromatic heterocycles. The van der Waals surface area contributed by atoms with E-state index < -0.39 is 29.7 Å². The van der Waals surface area contributed by atoms with E-state index in [1.165, 1.54) is 12.1 Å². The molecule has 0 radical (unpaired) electrons. The van der Waals surface area contributed by atoms with Crippen LogP contribution < -0.4 is 5.32 Å². The molecule has 1 aliphatic heterocycles. The quantitative estimate of drug-likeness (QED) is 0.763. The van der Waals surface area contributed by atoms with Crippen molar-refractivity contribution < 1.29 is 37.0 Å². The molecule has 9 heteroatoms. The van der Waals surface area contributed by atoms with Crippen molar-refractivity contribution in [3.05, 3.63) is 77.7 Å². The molecule has 0 saturated carbocycles. The number of ether oxygens (including phenoxy) is 3. The van der Waals surface area contributed by atoms with Gasteiger partial charge in [-0.05, 0) is 18.2 Å². The third-order valence-corrected chi connectivity index (χ3v) is 3.87. The van der Waals surface area contributed by atoms with Gasteiger partial charge in [-0.1, -0.05) is 36.4 Å². The van der Waals surface area contributed by atoms with Gasteiger partial charge in [0.05, 0.1) is 5.56 Å². The Hall–Kier alpha value is -3.49. The van der Waals surface area contributed by atoms with E-state index in [4.69, 9.17) is 14.2 Å². The summed E-state index contributed by atoms with van der Waals surface area (Å²) in [5.74, 6) is -1.96. The van der Waals surface area contributed by atoms with Crippen molar-refractivity contribution in [3.63, 3.8) is 0 Å². The normalized spacial score (nSPS) is 14.7. The van der Waals surface area contributed by atoms with E-state index in [1.54, 1.807) is 30.3 Å². The summed E-state index contributed by atoms with van der Waals surface area (Å²) in [6.07, 6.45) is -4.89. The summed E-state index contributed by atoms with van der Waals surface area (Å²) in [6, 6.07) is 12.2. The molecule has 6 nitrogen and oxygen atoms in total. The average molecular weight is 407 g/mol. The average Bonchev–Trinajstić information content (AvgIpc) is 2.72. The molecule has 2 aromatic rings. The Bertz CT molecular complexity index is 912. The van der Waals surface area contributed by atoms with E-state index in [9.17, 15) is 22.8 Å². The summed E-state index contributed by atoms with van der Waals surface area (Å²) < 4.78 is 54.1. The Morgan fingerprint density at radius 3 is 2.45 bits per heavy atom. The molecule has 1 N–H and O–H groups in total. The van der Waals surface area contributed by atoms with Gasteiger partial charge in [-0.3, -0.25) is 4.79 Å². The van der Waals surface area contributed by atoms with Crippen LogP contribution in [0.4, 0.5) is 18.9 Å². The number of carbonyl (C=O) groups is 2. The lowest BCUT2D eigenvalue weighted by molar-refractivity contribution is -0.155. The summed E-state index contributed by atoms with van der Waals surface area (Å²) >= 11 is 0. The molecule has 2 aromatic carbocycles. The van der Waals surface area contributed by atoms with E-state index in [0.717, 1.165) is 18.4 Å². The van der Waals surface area contributed by atoms with Gasteiger partial charge in [-0.25, -0.2) is 4.79 Å². The van der Waals surface area contributed by atoms with Crippen LogP contribution in [0.25, 0.3) is 0 Å². The highest BCUT2D eigenvalue weighted by Gasteiger charge is 2.32. The monoisotopic (exact) mass is 407 g/mol. The highest BCUT2D eigenvalue weighted by Crippen LogP contribution is 2.31. The third kappa shape index (κ3) is 5.28. The first kappa shape index (κ1) is 20.2. The maximum Gasteiger partial charge on any atom is 0.416 e. The van der Waals surface area contributed by atoms with Crippen LogP contribution in [0.5, 0.6) is 0 Å². The Morgan fingerprint density at radius 1 is 1.03 bits per heavy atom. The van der Waals surface area contributed by atoms with Crippen molar-refractivity contribution in [3.8, 4) is 0 Å². The Morgan fingerprint density at radius 2 is 1.79 bits per heavy atom. The highest BCUT2D eigenvalue weighted by molar-refractivity contribution is 5.97. The molecule has 0 bridgehead atoms. The molecule has 152 valence electrons. The van der Waals surface area contributed by atoms with Crippen LogP contribution in [-0.4, -0.2) is 25.1 Å². The number of anilines is 1. The number of carbonyl (C=O) groups excluding carboxylic acids is 2. The Labute approximate surface area is 163 Å². The van der Waals surface area contributed by atoms with Crippen LogP contribution in [0.3, 0.4) is 0 Å². The molecule has 1 atom stereocenters. The van der Waals surface area contributed by atoms with Crippen LogP contribution in [0.1, 0.15) is 17.2 Å². The van der Waals surface area contributed by atoms with Gasteiger partial charge in [0.15, 0.2) is 0 Å². The van der Waals surface area contributed by atoms with Crippen molar-refractivity contribution >= 4 is 17.6 Å². The smallest absolute Gasteiger partial charge is 0.416 e. The molecule has 3 rings (SSSR count). The van der Waals surface area contributed by atoms with Crippen molar-refractivity contribution in [2.75, 3.05) is 18.5 Å². The van der Waals surface area contributed by atoms with Crippen molar-refractivity contribution in [2.24, 2.45) is 0 Å². The molecular formula is C20H16F3NO5. The first-order valence-corrected chi connectivity index (χ1v) is 8.53. The maximum absolute atomic E-state index is 12.9. The van der Waals surface area contributed by atoms with Gasteiger partial charge in [0.2, 0.25) is 11.9 Å². The van der Waals surface area contributed by atoms with E-state index in [2.05, 4.69) is 5.32 Å². The molecule has 0 fully saturated rings. The highest BCUT2D eigenvalue weighted by atomic mass is 19.4. The van der Waals surface area contributed by atoms with Gasteiger partial charge >= 0.3 is 12.1 Å². The number of hydrogen-bond donors (Lipinski definition) is 1. The number of alkyl halides is 3. The molecule has 0 spiro atoms. The van der Waals surface area contributed by atoms with Gasteiger partial charge in [0.25, 0.3) is 5.91 Å². The minimum absolute atomic E-state index is 0.0849. The van der Waals surface area contributed by atoms with Gasteiger partial charge < -0.3 is 19.5 Å². The summed E-state index contributed by atoms with van der Waals surface area (Å²) in [6.45, 7) is 0.419. The number of rotatable bonds is 5. The van der Waals surface area contributed by atoms with E-state index in [-0.39, 0.29) is 24.7 Å². The lowest BCUT2D eigenvalue weighted by Gasteiger charge is -2.20. The van der Waals surface area contributed by atoms with Gasteiger partial charge in [-0.2, -0.15) is 13.2 Å². The van der Waals surface area contributed by atoms with Gasteiger partial charge in [-0.15, -0.1) is 0 Å². The number of esters is 1. The molecule has 1 heterocycles. The zero-order valence-corrected chi connectivity index (χ0v) is 14.9. The number of nitrogens with one attached hydrogen (secondary N) is 1. The van der Waals surface area contributed by atoms with Crippen LogP contribution >= 0.6 is 0 Å². The molecule has 1 amide bonds. The molecule has 0 saturated heterocycles. The second-order valence-electron chi connectivity index (χ2n) is 5.97. The zero-order valence-electron chi connectivity index (χ0n) is 14.9. The fraction of sp³-hybridized carbons (Fsp3) is 0.200. The van der Waals surface area contributed by atoms with Crippen LogP contribution in [-0.2, 0) is 30.0 Å². The largest absolute Gasteiger partial charge is 0.493 e. The number of halogens is 3. The van der Waals surface area contributed by atoms with Crippen LogP contribution in [0.15, 0.2) is 66.6 Å². The Kier molecular flexibility index (Phi) is 6.06. The SMILES string of the molecule is O=C(O[C@@H](C(=O)Nc1cccc(C(F)(F)F)c1)c1ccccc1)C1=COCCO1. The number of hydrogen-bond acceptors (Lipinski definition) is 5. The van der Waals surface area contributed by atoms with E-state index in [1.807, 2.05) is 0 Å². The van der Waals surface area contributed by atoms with Crippen molar-refractivity contribution in [1.82, 2.24) is 0 Å². The van der Waals surface area contributed by atoms with Crippen LogP contribution in [0.2, 0.25) is 0 Å². The first-order chi connectivity index (χ1) is 13.8. The molecule has 1 aliphatic rings. The first-order valence-electron chi connectivity index (χ1n) is 8.53. The Balaban J connectivity index is 1.81. The summed E-state index contributed by atoms with van der Waals surface area (Å²) in [7, 11) is 0. The number of amides is 1.